The Morgan fingerprint density at radius 3 is 2.50 bits per heavy atom. The highest BCUT2D eigenvalue weighted by Gasteiger charge is 1.97. The number of carboxylic acids is 1. The summed E-state index contributed by atoms with van der Waals surface area (Å²) in [5, 5.41) is 8.49. The Kier molecular flexibility index (Phi) is 3.29. The van der Waals surface area contributed by atoms with Crippen LogP contribution in [0.1, 0.15) is 18.9 Å². The van der Waals surface area contributed by atoms with Crippen molar-refractivity contribution in [2.45, 2.75) is 13.3 Å². The number of nitrogen functional groups attached to an aromatic ring is 1. The largest absolute Gasteiger partial charge is 0.481 e. The summed E-state index contributed by atoms with van der Waals surface area (Å²) in [6.45, 7) is 1.88. The average Bonchev–Trinajstić information content (AvgIpc) is 2.15. The lowest BCUT2D eigenvalue weighted by atomic mass is 10.1. The predicted octanol–water partition coefficient (Wildman–Crippen LogP) is 2.15. The molecule has 3 N–H and O–H groups in total. The minimum atomic E-state index is -0.820. The van der Waals surface area contributed by atoms with Crippen LogP contribution in [0.3, 0.4) is 0 Å². The molecule has 0 radical (unpaired) electrons. The van der Waals surface area contributed by atoms with Crippen LogP contribution in [0.15, 0.2) is 30.3 Å². The molecule has 0 amide bonds. The molecular formula is C11H13NO2. The first-order valence-electron chi connectivity index (χ1n) is 4.34. The molecule has 14 heavy (non-hydrogen) atoms. The highest BCUT2D eigenvalue weighted by Crippen LogP contribution is 2.15. The van der Waals surface area contributed by atoms with Crippen molar-refractivity contribution >= 4 is 17.2 Å². The van der Waals surface area contributed by atoms with Crippen molar-refractivity contribution in [3.63, 3.8) is 0 Å². The number of hydrogen-bond acceptors (Lipinski definition) is 2. The summed E-state index contributed by atoms with van der Waals surface area (Å²) < 4.78 is 0. The lowest BCUT2D eigenvalue weighted by Gasteiger charge is -2.01. The molecule has 0 atom stereocenters. The molecule has 0 heterocycles. The van der Waals surface area contributed by atoms with Gasteiger partial charge in [0, 0.05) is 5.69 Å². The third-order valence-corrected chi connectivity index (χ3v) is 1.95. The average molecular weight is 191 g/mol. The van der Waals surface area contributed by atoms with E-state index in [0.717, 1.165) is 11.1 Å². The van der Waals surface area contributed by atoms with Crippen molar-refractivity contribution in [1.29, 1.82) is 0 Å². The minimum absolute atomic E-state index is 0.0518. The first-order valence-corrected chi connectivity index (χ1v) is 4.34. The number of carboxylic acid groups (broad SMARTS) is 1. The molecule has 0 aliphatic heterocycles. The van der Waals surface area contributed by atoms with Gasteiger partial charge in [-0.15, -0.1) is 0 Å². The third-order valence-electron chi connectivity index (χ3n) is 1.95. The minimum Gasteiger partial charge on any atom is -0.481 e. The highest BCUT2D eigenvalue weighted by atomic mass is 16.4. The first kappa shape index (κ1) is 10.3. The molecule has 74 valence electrons. The molecule has 0 unspecified atom stereocenters. The van der Waals surface area contributed by atoms with Crippen LogP contribution in [0, 0.1) is 0 Å². The number of nitrogens with two attached hydrogens (primary N) is 1. The van der Waals surface area contributed by atoms with Crippen molar-refractivity contribution in [2.75, 3.05) is 5.73 Å². The summed E-state index contributed by atoms with van der Waals surface area (Å²) in [4.78, 5) is 10.3. The van der Waals surface area contributed by atoms with Gasteiger partial charge in [-0.2, -0.15) is 0 Å². The van der Waals surface area contributed by atoms with Gasteiger partial charge in [0.2, 0.25) is 0 Å². The van der Waals surface area contributed by atoms with Crippen molar-refractivity contribution in [3.8, 4) is 0 Å². The highest BCUT2D eigenvalue weighted by molar-refractivity contribution is 5.73. The third kappa shape index (κ3) is 2.94. The molecule has 1 aromatic rings. The fraction of sp³-hybridized carbons (Fsp3) is 0.182. The second kappa shape index (κ2) is 4.46. The summed E-state index contributed by atoms with van der Waals surface area (Å²) >= 11 is 0. The number of allylic oxidation sites excluding steroid dienone is 1. The SMILES string of the molecule is C/C(=C\CC(=O)O)c1ccc(N)cc1. The summed E-state index contributed by atoms with van der Waals surface area (Å²) in [7, 11) is 0. The van der Waals surface area contributed by atoms with Crippen molar-refractivity contribution < 1.29 is 9.90 Å². The Morgan fingerprint density at radius 1 is 1.43 bits per heavy atom. The second-order valence-electron chi connectivity index (χ2n) is 3.11. The molecule has 1 aromatic carbocycles. The van der Waals surface area contributed by atoms with Crippen LogP contribution in [-0.2, 0) is 4.79 Å². The van der Waals surface area contributed by atoms with E-state index in [4.69, 9.17) is 10.8 Å². The van der Waals surface area contributed by atoms with Crippen molar-refractivity contribution in [1.82, 2.24) is 0 Å². The number of carbonyl (C=O) groups is 1. The monoisotopic (exact) mass is 191 g/mol. The van der Waals surface area contributed by atoms with Gasteiger partial charge in [0.1, 0.15) is 0 Å². The van der Waals surface area contributed by atoms with Crippen LogP contribution in [0.2, 0.25) is 0 Å². The van der Waals surface area contributed by atoms with Gasteiger partial charge in [-0.05, 0) is 30.2 Å². The summed E-state index contributed by atoms with van der Waals surface area (Å²) in [6.07, 6.45) is 1.74. The quantitative estimate of drug-likeness (QED) is 0.719. The molecule has 0 aliphatic rings. The Bertz CT molecular complexity index is 352. The maximum atomic E-state index is 10.3. The molecule has 0 saturated carbocycles. The van der Waals surface area contributed by atoms with Gasteiger partial charge >= 0.3 is 5.97 Å². The normalized spacial score (nSPS) is 11.4. The maximum absolute atomic E-state index is 10.3. The fourth-order valence-electron chi connectivity index (χ4n) is 1.10. The molecule has 0 aliphatic carbocycles. The molecule has 0 saturated heterocycles. The van der Waals surface area contributed by atoms with Gasteiger partial charge in [0.25, 0.3) is 0 Å². The van der Waals surface area contributed by atoms with Crippen LogP contribution in [0.4, 0.5) is 5.69 Å². The summed E-state index contributed by atoms with van der Waals surface area (Å²) in [6, 6.07) is 7.35. The second-order valence-corrected chi connectivity index (χ2v) is 3.11. The van der Waals surface area contributed by atoms with Crippen LogP contribution < -0.4 is 5.73 Å². The molecule has 3 heteroatoms. The predicted molar refractivity (Wildman–Crippen MR) is 56.8 cm³/mol. The Labute approximate surface area is 82.9 Å². The van der Waals surface area contributed by atoms with Crippen LogP contribution in [-0.4, -0.2) is 11.1 Å². The number of rotatable bonds is 3. The zero-order valence-electron chi connectivity index (χ0n) is 8.03. The van der Waals surface area contributed by atoms with Crippen LogP contribution >= 0.6 is 0 Å². The van der Waals surface area contributed by atoms with Gasteiger partial charge in [0.15, 0.2) is 0 Å². The Morgan fingerprint density at radius 2 is 2.00 bits per heavy atom. The first-order chi connectivity index (χ1) is 6.59. The van der Waals surface area contributed by atoms with Gasteiger partial charge in [0.05, 0.1) is 6.42 Å². The van der Waals surface area contributed by atoms with Gasteiger partial charge in [-0.1, -0.05) is 18.2 Å². The number of benzene rings is 1. The van der Waals surface area contributed by atoms with E-state index in [1.54, 1.807) is 18.2 Å². The summed E-state index contributed by atoms with van der Waals surface area (Å²) in [5.41, 5.74) is 8.20. The number of hydrogen-bond donors (Lipinski definition) is 2. The van der Waals surface area contributed by atoms with Crippen molar-refractivity contribution in [2.24, 2.45) is 0 Å². The van der Waals surface area contributed by atoms with Crippen LogP contribution in [0.25, 0.3) is 5.57 Å². The van der Waals surface area contributed by atoms with Crippen molar-refractivity contribution in [3.05, 3.63) is 35.9 Å². The zero-order chi connectivity index (χ0) is 10.6. The molecule has 0 bridgehead atoms. The van der Waals surface area contributed by atoms with E-state index in [1.807, 2.05) is 19.1 Å². The molecule has 3 nitrogen and oxygen atoms in total. The number of anilines is 1. The molecule has 1 rings (SSSR count). The van der Waals surface area contributed by atoms with E-state index in [0.29, 0.717) is 5.69 Å². The lowest BCUT2D eigenvalue weighted by molar-refractivity contribution is -0.135. The standard InChI is InChI=1S/C11H13NO2/c1-8(2-7-11(13)14)9-3-5-10(12)6-4-9/h2-6H,7,12H2,1H3,(H,13,14)/b8-2+. The molecule has 0 fully saturated rings. The van der Waals surface area contributed by atoms with E-state index < -0.39 is 5.97 Å². The van der Waals surface area contributed by atoms with E-state index in [-0.39, 0.29) is 6.42 Å². The molecule has 0 spiro atoms. The van der Waals surface area contributed by atoms with Gasteiger partial charge < -0.3 is 10.8 Å². The zero-order valence-corrected chi connectivity index (χ0v) is 8.03. The fourth-order valence-corrected chi connectivity index (χ4v) is 1.10. The Hall–Kier alpha value is -1.77. The molecular weight excluding hydrogens is 178 g/mol. The smallest absolute Gasteiger partial charge is 0.307 e. The van der Waals surface area contributed by atoms with Crippen LogP contribution in [0.5, 0.6) is 0 Å². The topological polar surface area (TPSA) is 63.3 Å². The lowest BCUT2D eigenvalue weighted by Crippen LogP contribution is -1.91. The van der Waals surface area contributed by atoms with Gasteiger partial charge in [-0.3, -0.25) is 4.79 Å². The van der Waals surface area contributed by atoms with E-state index in [2.05, 4.69) is 0 Å². The van der Waals surface area contributed by atoms with Gasteiger partial charge in [-0.25, -0.2) is 0 Å². The maximum Gasteiger partial charge on any atom is 0.307 e. The molecule has 0 aromatic heterocycles. The summed E-state index contributed by atoms with van der Waals surface area (Å²) in [5.74, 6) is -0.820. The number of aliphatic carboxylic acids is 1. The Balaban J connectivity index is 2.78. The van der Waals surface area contributed by atoms with E-state index >= 15 is 0 Å². The van der Waals surface area contributed by atoms with E-state index in [1.165, 1.54) is 0 Å². The van der Waals surface area contributed by atoms with E-state index in [9.17, 15) is 4.79 Å².